The van der Waals surface area contributed by atoms with Crippen LogP contribution in [0, 0.1) is 13.8 Å². The van der Waals surface area contributed by atoms with Gasteiger partial charge in [-0.3, -0.25) is 4.79 Å². The van der Waals surface area contributed by atoms with Crippen LogP contribution in [0.15, 0.2) is 46.0 Å². The van der Waals surface area contributed by atoms with Gasteiger partial charge in [0.05, 0.1) is 27.9 Å². The lowest BCUT2D eigenvalue weighted by atomic mass is 10.0. The number of hydrogen-bond donors (Lipinski definition) is 1. The van der Waals surface area contributed by atoms with Crippen molar-refractivity contribution in [3.8, 4) is 0 Å². The van der Waals surface area contributed by atoms with Crippen LogP contribution in [0.4, 0.5) is 5.69 Å². The minimum absolute atomic E-state index is 0.119. The average Bonchev–Trinajstić information content (AvgIpc) is 3.08. The molecule has 0 unspecified atom stereocenters. The van der Waals surface area contributed by atoms with Gasteiger partial charge in [0.1, 0.15) is 0 Å². The summed E-state index contributed by atoms with van der Waals surface area (Å²) in [6.45, 7) is 4.14. The van der Waals surface area contributed by atoms with Crippen molar-refractivity contribution >= 4 is 46.6 Å². The monoisotopic (exact) mass is 421 g/mol. The standard InChI is InChI=1S/C19H17Cl2N3O2S/c1-11-6-7-13(8-12(11)2)9-17-23-24-19(26-17)27-10-16(25)22-15-5-3-4-14(20)18(15)21/h3-8H,9-10H2,1-2H3,(H,22,25). The number of hydrogen-bond acceptors (Lipinski definition) is 5. The van der Waals surface area contributed by atoms with Crippen molar-refractivity contribution in [2.24, 2.45) is 0 Å². The second-order valence-corrected chi connectivity index (χ2v) is 7.71. The van der Waals surface area contributed by atoms with E-state index in [2.05, 4.69) is 41.5 Å². The molecule has 27 heavy (non-hydrogen) atoms. The number of aromatic nitrogens is 2. The highest BCUT2D eigenvalue weighted by Gasteiger charge is 2.12. The minimum Gasteiger partial charge on any atom is -0.416 e. The average molecular weight is 422 g/mol. The van der Waals surface area contributed by atoms with Crippen molar-refractivity contribution in [1.82, 2.24) is 10.2 Å². The first kappa shape index (κ1) is 19.7. The number of carbonyl (C=O) groups is 1. The van der Waals surface area contributed by atoms with E-state index in [1.165, 1.54) is 22.9 Å². The van der Waals surface area contributed by atoms with Crippen LogP contribution < -0.4 is 5.32 Å². The molecule has 2 aromatic carbocycles. The number of amides is 1. The second-order valence-electron chi connectivity index (χ2n) is 6.00. The number of aryl methyl sites for hydroxylation is 2. The highest BCUT2D eigenvalue weighted by Crippen LogP contribution is 2.29. The van der Waals surface area contributed by atoms with Crippen LogP contribution in [-0.4, -0.2) is 21.9 Å². The zero-order chi connectivity index (χ0) is 19.4. The van der Waals surface area contributed by atoms with Gasteiger partial charge in [-0.1, -0.05) is 59.2 Å². The molecule has 0 aliphatic rings. The van der Waals surface area contributed by atoms with Gasteiger partial charge < -0.3 is 9.73 Å². The Morgan fingerprint density at radius 3 is 2.74 bits per heavy atom. The summed E-state index contributed by atoms with van der Waals surface area (Å²) in [5.74, 6) is 0.394. The van der Waals surface area contributed by atoms with Crippen molar-refractivity contribution in [1.29, 1.82) is 0 Å². The van der Waals surface area contributed by atoms with Gasteiger partial charge in [-0.05, 0) is 42.7 Å². The van der Waals surface area contributed by atoms with Crippen molar-refractivity contribution < 1.29 is 9.21 Å². The van der Waals surface area contributed by atoms with Crippen LogP contribution in [-0.2, 0) is 11.2 Å². The third kappa shape index (κ3) is 5.25. The van der Waals surface area contributed by atoms with Crippen LogP contribution in [0.3, 0.4) is 0 Å². The van der Waals surface area contributed by atoms with E-state index >= 15 is 0 Å². The molecule has 0 radical (unpaired) electrons. The maximum Gasteiger partial charge on any atom is 0.277 e. The van der Waals surface area contributed by atoms with Gasteiger partial charge in [0.25, 0.3) is 5.22 Å². The molecule has 3 rings (SSSR count). The Morgan fingerprint density at radius 1 is 1.15 bits per heavy atom. The summed E-state index contributed by atoms with van der Waals surface area (Å²) in [5.41, 5.74) is 4.03. The first-order valence-corrected chi connectivity index (χ1v) is 9.91. The molecule has 1 heterocycles. The van der Waals surface area contributed by atoms with Crippen molar-refractivity contribution in [3.63, 3.8) is 0 Å². The van der Waals surface area contributed by atoms with Crippen LogP contribution in [0.5, 0.6) is 0 Å². The predicted octanol–water partition coefficient (Wildman–Crippen LogP) is 5.31. The lowest BCUT2D eigenvalue weighted by Gasteiger charge is -2.07. The number of thioether (sulfide) groups is 1. The zero-order valence-corrected chi connectivity index (χ0v) is 17.1. The van der Waals surface area contributed by atoms with E-state index in [-0.39, 0.29) is 11.7 Å². The number of anilines is 1. The molecule has 1 N–H and O–H groups in total. The van der Waals surface area contributed by atoms with Crippen molar-refractivity contribution in [2.75, 3.05) is 11.1 Å². The molecule has 0 fully saturated rings. The van der Waals surface area contributed by atoms with Crippen LogP contribution in [0.25, 0.3) is 0 Å². The van der Waals surface area contributed by atoms with E-state index in [9.17, 15) is 4.79 Å². The predicted molar refractivity (Wildman–Crippen MR) is 109 cm³/mol. The minimum atomic E-state index is -0.238. The molecule has 1 amide bonds. The van der Waals surface area contributed by atoms with Crippen LogP contribution in [0.2, 0.25) is 10.0 Å². The second kappa shape index (κ2) is 8.78. The van der Waals surface area contributed by atoms with E-state index in [1.54, 1.807) is 18.2 Å². The summed E-state index contributed by atoms with van der Waals surface area (Å²) >= 11 is 13.2. The van der Waals surface area contributed by atoms with Gasteiger partial charge in [0.15, 0.2) is 0 Å². The van der Waals surface area contributed by atoms with Gasteiger partial charge in [0.2, 0.25) is 11.8 Å². The summed E-state index contributed by atoms with van der Waals surface area (Å²) < 4.78 is 5.61. The smallest absolute Gasteiger partial charge is 0.277 e. The lowest BCUT2D eigenvalue weighted by Crippen LogP contribution is -2.14. The fourth-order valence-electron chi connectivity index (χ4n) is 2.37. The van der Waals surface area contributed by atoms with Crippen molar-refractivity contribution in [3.05, 3.63) is 69.0 Å². The van der Waals surface area contributed by atoms with E-state index < -0.39 is 0 Å². The normalized spacial score (nSPS) is 10.8. The lowest BCUT2D eigenvalue weighted by molar-refractivity contribution is -0.113. The van der Waals surface area contributed by atoms with E-state index in [1.807, 2.05) is 6.07 Å². The zero-order valence-electron chi connectivity index (χ0n) is 14.8. The Kier molecular flexibility index (Phi) is 6.42. The Hall–Kier alpha value is -2.02. The van der Waals surface area contributed by atoms with Gasteiger partial charge in [-0.2, -0.15) is 0 Å². The maximum absolute atomic E-state index is 12.1. The third-order valence-corrected chi connectivity index (χ3v) is 5.56. The van der Waals surface area contributed by atoms with E-state index in [0.717, 1.165) is 5.56 Å². The number of benzene rings is 2. The summed E-state index contributed by atoms with van der Waals surface area (Å²) in [7, 11) is 0. The molecule has 0 bridgehead atoms. The van der Waals surface area contributed by atoms with E-state index in [0.29, 0.717) is 33.3 Å². The molecule has 140 valence electrons. The first-order chi connectivity index (χ1) is 12.9. The molecule has 0 spiro atoms. The third-order valence-electron chi connectivity index (χ3n) is 3.93. The summed E-state index contributed by atoms with van der Waals surface area (Å²) in [5, 5.41) is 11.8. The molecule has 0 atom stereocenters. The molecular formula is C19H17Cl2N3O2S. The topological polar surface area (TPSA) is 68.0 Å². The number of carbonyl (C=O) groups excluding carboxylic acids is 1. The number of nitrogens with zero attached hydrogens (tertiary/aromatic N) is 2. The Bertz CT molecular complexity index is 975. The Labute approximate surface area is 171 Å². The molecular weight excluding hydrogens is 405 g/mol. The highest BCUT2D eigenvalue weighted by atomic mass is 35.5. The fraction of sp³-hybridized carbons (Fsp3) is 0.211. The highest BCUT2D eigenvalue weighted by molar-refractivity contribution is 7.99. The van der Waals surface area contributed by atoms with Crippen LogP contribution in [0.1, 0.15) is 22.6 Å². The largest absolute Gasteiger partial charge is 0.416 e. The molecule has 0 saturated carbocycles. The Morgan fingerprint density at radius 2 is 1.96 bits per heavy atom. The summed E-state index contributed by atoms with van der Waals surface area (Å²) in [6, 6.07) is 11.3. The quantitative estimate of drug-likeness (QED) is 0.545. The summed E-state index contributed by atoms with van der Waals surface area (Å²) in [6.07, 6.45) is 0.555. The fourth-order valence-corrected chi connectivity index (χ4v) is 3.30. The van der Waals surface area contributed by atoms with Gasteiger partial charge in [0, 0.05) is 0 Å². The SMILES string of the molecule is Cc1ccc(Cc2nnc(SCC(=O)Nc3cccc(Cl)c3Cl)o2)cc1C. The molecule has 5 nitrogen and oxygen atoms in total. The van der Waals surface area contributed by atoms with Gasteiger partial charge >= 0.3 is 0 Å². The summed E-state index contributed by atoms with van der Waals surface area (Å²) in [4.78, 5) is 12.1. The molecule has 3 aromatic rings. The molecule has 0 saturated heterocycles. The molecule has 8 heteroatoms. The number of nitrogens with one attached hydrogen (secondary N) is 1. The van der Waals surface area contributed by atoms with Crippen molar-refractivity contribution in [2.45, 2.75) is 25.5 Å². The molecule has 0 aliphatic carbocycles. The van der Waals surface area contributed by atoms with Crippen LogP contribution >= 0.6 is 35.0 Å². The number of rotatable bonds is 6. The van der Waals surface area contributed by atoms with E-state index in [4.69, 9.17) is 27.6 Å². The van der Waals surface area contributed by atoms with Gasteiger partial charge in [-0.15, -0.1) is 10.2 Å². The first-order valence-electron chi connectivity index (χ1n) is 8.17. The maximum atomic E-state index is 12.1. The molecule has 1 aromatic heterocycles. The Balaban J connectivity index is 1.55. The number of halogens is 2. The van der Waals surface area contributed by atoms with Gasteiger partial charge in [-0.25, -0.2) is 0 Å². The molecule has 0 aliphatic heterocycles.